The van der Waals surface area contributed by atoms with Crippen LogP contribution < -0.4 is 4.72 Å². The summed E-state index contributed by atoms with van der Waals surface area (Å²) in [7, 11) is -3.36. The van der Waals surface area contributed by atoms with Crippen molar-refractivity contribution in [2.45, 2.75) is 25.4 Å². The predicted molar refractivity (Wildman–Crippen MR) is 88.3 cm³/mol. The van der Waals surface area contributed by atoms with Gasteiger partial charge in [0.15, 0.2) is 0 Å². The van der Waals surface area contributed by atoms with E-state index in [1.54, 1.807) is 0 Å². The van der Waals surface area contributed by atoms with Gasteiger partial charge in [-0.2, -0.15) is 11.3 Å². The Morgan fingerprint density at radius 2 is 2.14 bits per heavy atom. The molecule has 1 atom stereocenters. The molecule has 0 aliphatic heterocycles. The SMILES string of the molecule is CCCCS(=O)(=O)NC[C@](O)(c1ccsc1)c1cccs1. The van der Waals surface area contributed by atoms with Crippen LogP contribution in [0.1, 0.15) is 30.2 Å². The fourth-order valence-corrected chi connectivity index (χ4v) is 4.78. The second-order valence-electron chi connectivity index (χ2n) is 4.84. The van der Waals surface area contributed by atoms with E-state index in [2.05, 4.69) is 4.72 Å². The standard InChI is InChI=1S/C14H19NO3S3/c1-2-3-9-21(17,18)15-11-14(16,12-6-8-19-10-12)13-5-4-7-20-13/h4-8,10,15-16H,2-3,9,11H2,1H3/t14-/m0/s1. The number of rotatable bonds is 8. The molecule has 0 unspecified atom stereocenters. The van der Waals surface area contributed by atoms with Crippen molar-refractivity contribution in [3.63, 3.8) is 0 Å². The van der Waals surface area contributed by atoms with Crippen molar-refractivity contribution in [1.29, 1.82) is 0 Å². The maximum absolute atomic E-state index is 12.0. The number of unbranched alkanes of at least 4 members (excludes halogenated alkanes) is 1. The molecule has 2 heterocycles. The Hall–Kier alpha value is -0.730. The van der Waals surface area contributed by atoms with Gasteiger partial charge in [0.25, 0.3) is 0 Å². The fourth-order valence-electron chi connectivity index (χ4n) is 1.97. The van der Waals surface area contributed by atoms with Gasteiger partial charge < -0.3 is 5.11 Å². The zero-order valence-corrected chi connectivity index (χ0v) is 14.2. The van der Waals surface area contributed by atoms with Crippen molar-refractivity contribution in [3.05, 3.63) is 44.8 Å². The van der Waals surface area contributed by atoms with Crippen LogP contribution in [0.25, 0.3) is 0 Å². The highest BCUT2D eigenvalue weighted by Gasteiger charge is 2.34. The highest BCUT2D eigenvalue weighted by Crippen LogP contribution is 2.33. The normalized spacial score (nSPS) is 15.0. The molecular weight excluding hydrogens is 326 g/mol. The summed E-state index contributed by atoms with van der Waals surface area (Å²) >= 11 is 2.89. The number of thiophene rings is 2. The second-order valence-corrected chi connectivity index (χ2v) is 8.50. The number of sulfonamides is 1. The molecule has 116 valence electrons. The minimum absolute atomic E-state index is 0.0453. The Kier molecular flexibility index (Phi) is 5.56. The van der Waals surface area contributed by atoms with E-state index in [9.17, 15) is 13.5 Å². The molecule has 0 saturated carbocycles. The number of hydrogen-bond donors (Lipinski definition) is 2. The molecule has 0 amide bonds. The average Bonchev–Trinajstić information content (AvgIpc) is 3.14. The van der Waals surface area contributed by atoms with E-state index >= 15 is 0 Å². The topological polar surface area (TPSA) is 66.4 Å². The summed E-state index contributed by atoms with van der Waals surface area (Å²) in [6, 6.07) is 5.50. The molecule has 0 aliphatic rings. The summed E-state index contributed by atoms with van der Waals surface area (Å²) in [4.78, 5) is 0.735. The smallest absolute Gasteiger partial charge is 0.211 e. The van der Waals surface area contributed by atoms with E-state index in [1.165, 1.54) is 22.7 Å². The minimum atomic E-state index is -3.36. The molecule has 0 radical (unpaired) electrons. The van der Waals surface area contributed by atoms with Crippen LogP contribution in [0.2, 0.25) is 0 Å². The summed E-state index contributed by atoms with van der Waals surface area (Å²) in [5.41, 5.74) is -0.596. The van der Waals surface area contributed by atoms with Crippen molar-refractivity contribution in [2.75, 3.05) is 12.3 Å². The molecule has 0 aliphatic carbocycles. The molecule has 0 spiro atoms. The van der Waals surface area contributed by atoms with Gasteiger partial charge in [0.1, 0.15) is 5.60 Å². The van der Waals surface area contributed by atoms with Crippen molar-refractivity contribution in [1.82, 2.24) is 4.72 Å². The van der Waals surface area contributed by atoms with Gasteiger partial charge in [-0.25, -0.2) is 13.1 Å². The minimum Gasteiger partial charge on any atom is -0.378 e. The third-order valence-corrected chi connectivity index (χ3v) is 6.36. The molecule has 0 saturated heterocycles. The van der Waals surface area contributed by atoms with Gasteiger partial charge in [-0.1, -0.05) is 19.4 Å². The van der Waals surface area contributed by atoms with Gasteiger partial charge in [0.2, 0.25) is 10.0 Å². The van der Waals surface area contributed by atoms with Gasteiger partial charge >= 0.3 is 0 Å². The van der Waals surface area contributed by atoms with Crippen LogP contribution in [-0.4, -0.2) is 25.8 Å². The maximum Gasteiger partial charge on any atom is 0.211 e. The van der Waals surface area contributed by atoms with E-state index in [0.717, 1.165) is 11.3 Å². The highest BCUT2D eigenvalue weighted by molar-refractivity contribution is 7.89. The lowest BCUT2D eigenvalue weighted by molar-refractivity contribution is 0.0903. The molecule has 7 heteroatoms. The molecular formula is C14H19NO3S3. The van der Waals surface area contributed by atoms with E-state index in [1.807, 2.05) is 41.3 Å². The maximum atomic E-state index is 12.0. The number of hydrogen-bond acceptors (Lipinski definition) is 5. The van der Waals surface area contributed by atoms with Crippen LogP contribution in [0, 0.1) is 0 Å². The van der Waals surface area contributed by atoms with Crippen molar-refractivity contribution in [3.8, 4) is 0 Å². The Balaban J connectivity index is 2.19. The molecule has 2 N–H and O–H groups in total. The van der Waals surface area contributed by atoms with E-state index in [-0.39, 0.29) is 12.3 Å². The lowest BCUT2D eigenvalue weighted by Gasteiger charge is -2.26. The lowest BCUT2D eigenvalue weighted by atomic mass is 9.95. The lowest BCUT2D eigenvalue weighted by Crippen LogP contribution is -2.41. The van der Waals surface area contributed by atoms with Crippen LogP contribution in [0.5, 0.6) is 0 Å². The summed E-state index contributed by atoms with van der Waals surface area (Å²) in [6.07, 6.45) is 1.44. The van der Waals surface area contributed by atoms with Gasteiger partial charge in [-0.15, -0.1) is 11.3 Å². The predicted octanol–water partition coefficient (Wildman–Crippen LogP) is 2.77. The molecule has 0 aromatic carbocycles. The van der Waals surface area contributed by atoms with E-state index in [4.69, 9.17) is 0 Å². The highest BCUT2D eigenvalue weighted by atomic mass is 32.2. The monoisotopic (exact) mass is 345 g/mol. The summed E-state index contributed by atoms with van der Waals surface area (Å²) in [5, 5.41) is 16.6. The second kappa shape index (κ2) is 7.02. The quantitative estimate of drug-likeness (QED) is 0.773. The molecule has 2 aromatic rings. The van der Waals surface area contributed by atoms with Gasteiger partial charge in [-0.05, 0) is 34.7 Å². The third kappa shape index (κ3) is 4.14. The first-order valence-electron chi connectivity index (χ1n) is 6.74. The number of aliphatic hydroxyl groups is 1. The first-order chi connectivity index (χ1) is 9.98. The van der Waals surface area contributed by atoms with Crippen molar-refractivity contribution < 1.29 is 13.5 Å². The Bertz CT molecular complexity index is 599. The molecule has 0 fully saturated rings. The van der Waals surface area contributed by atoms with Crippen LogP contribution in [0.4, 0.5) is 0 Å². The third-order valence-electron chi connectivity index (χ3n) is 3.24. The zero-order valence-electron chi connectivity index (χ0n) is 11.8. The molecule has 2 rings (SSSR count). The molecule has 21 heavy (non-hydrogen) atoms. The van der Waals surface area contributed by atoms with Crippen LogP contribution >= 0.6 is 22.7 Å². The Morgan fingerprint density at radius 1 is 1.33 bits per heavy atom. The molecule has 0 bridgehead atoms. The van der Waals surface area contributed by atoms with Gasteiger partial charge in [-0.3, -0.25) is 0 Å². The van der Waals surface area contributed by atoms with Crippen molar-refractivity contribution >= 4 is 32.7 Å². The fraction of sp³-hybridized carbons (Fsp3) is 0.429. The van der Waals surface area contributed by atoms with E-state index < -0.39 is 15.6 Å². The van der Waals surface area contributed by atoms with E-state index in [0.29, 0.717) is 12.0 Å². The summed E-state index contributed by atoms with van der Waals surface area (Å²) in [6.45, 7) is 1.90. The van der Waals surface area contributed by atoms with Crippen LogP contribution in [0.3, 0.4) is 0 Å². The Morgan fingerprint density at radius 3 is 2.71 bits per heavy atom. The first kappa shape index (κ1) is 16.6. The Labute approximate surface area is 133 Å². The molecule has 2 aromatic heterocycles. The molecule has 4 nitrogen and oxygen atoms in total. The first-order valence-corrected chi connectivity index (χ1v) is 10.2. The van der Waals surface area contributed by atoms with Crippen LogP contribution in [-0.2, 0) is 15.6 Å². The average molecular weight is 346 g/mol. The van der Waals surface area contributed by atoms with Gasteiger partial charge in [0, 0.05) is 17.0 Å². The van der Waals surface area contributed by atoms with Gasteiger partial charge in [0.05, 0.1) is 5.75 Å². The summed E-state index contributed by atoms with van der Waals surface area (Å²) in [5.74, 6) is 0.0909. The zero-order chi connectivity index (χ0) is 15.3. The van der Waals surface area contributed by atoms with Crippen LogP contribution in [0.15, 0.2) is 34.3 Å². The number of nitrogens with one attached hydrogen (secondary N) is 1. The summed E-state index contributed by atoms with van der Waals surface area (Å²) < 4.78 is 26.5. The largest absolute Gasteiger partial charge is 0.378 e. The van der Waals surface area contributed by atoms with Crippen molar-refractivity contribution in [2.24, 2.45) is 0 Å².